The fourth-order valence-electron chi connectivity index (χ4n) is 3.30. The van der Waals surface area contributed by atoms with Gasteiger partial charge in [-0.25, -0.2) is 9.67 Å². The van der Waals surface area contributed by atoms with Crippen molar-refractivity contribution in [2.75, 3.05) is 18.5 Å². The third-order valence-corrected chi connectivity index (χ3v) is 5.46. The van der Waals surface area contributed by atoms with Crippen LogP contribution in [0.4, 0.5) is 5.69 Å². The monoisotopic (exact) mass is 460 g/mol. The van der Waals surface area contributed by atoms with Gasteiger partial charge in [0.15, 0.2) is 5.82 Å². The van der Waals surface area contributed by atoms with E-state index < -0.39 is 0 Å². The molecule has 0 unspecified atom stereocenters. The highest BCUT2D eigenvalue weighted by Crippen LogP contribution is 2.32. The Bertz CT molecular complexity index is 1130. The van der Waals surface area contributed by atoms with E-state index in [1.165, 1.54) is 4.68 Å². The lowest BCUT2D eigenvalue weighted by Gasteiger charge is -2.25. The molecule has 2 aromatic heterocycles. The van der Waals surface area contributed by atoms with Gasteiger partial charge in [-0.1, -0.05) is 37.0 Å². The second-order valence-electron chi connectivity index (χ2n) is 7.66. The number of nitrogens with zero attached hydrogens (tertiary/aromatic N) is 3. The molecule has 1 aliphatic rings. The summed E-state index contributed by atoms with van der Waals surface area (Å²) in [4.78, 5) is 17.6. The Labute approximate surface area is 190 Å². The van der Waals surface area contributed by atoms with Crippen LogP contribution in [0, 0.1) is 6.92 Å². The fourth-order valence-corrected chi connectivity index (χ4v) is 3.78. The lowest BCUT2D eigenvalue weighted by Crippen LogP contribution is -2.38. The lowest BCUT2D eigenvalue weighted by atomic mass is 9.98. The number of ether oxygens (including phenoxy) is 2. The van der Waals surface area contributed by atoms with Crippen molar-refractivity contribution >= 4 is 34.8 Å². The molecule has 0 radical (unpaired) electrons. The van der Waals surface area contributed by atoms with E-state index >= 15 is 0 Å². The molecule has 7 nitrogen and oxygen atoms in total. The van der Waals surface area contributed by atoms with Crippen molar-refractivity contribution in [1.29, 1.82) is 0 Å². The molecule has 1 fully saturated rings. The standard InChI is InChI=1S/C22H22Cl2N4O3/c1-12(2)16-8-14(23)7-13(3)20(16)26-22(29)18-9-19(31-15-10-30-11-15)27-28(18)21-17(24)5-4-6-25-21/h4-9,12,15H,10-11H2,1-3H3,(H,26,29). The quantitative estimate of drug-likeness (QED) is 0.557. The van der Waals surface area contributed by atoms with E-state index in [2.05, 4.69) is 15.4 Å². The Balaban J connectivity index is 1.73. The third kappa shape index (κ3) is 4.54. The first-order valence-electron chi connectivity index (χ1n) is 9.90. The van der Waals surface area contributed by atoms with Crippen LogP contribution in [0.2, 0.25) is 10.0 Å². The zero-order valence-corrected chi connectivity index (χ0v) is 18.9. The van der Waals surface area contributed by atoms with Gasteiger partial charge in [-0.15, -0.1) is 5.10 Å². The molecular formula is C22H22Cl2N4O3. The summed E-state index contributed by atoms with van der Waals surface area (Å²) < 4.78 is 12.4. The maximum Gasteiger partial charge on any atom is 0.274 e. The van der Waals surface area contributed by atoms with Gasteiger partial charge in [0, 0.05) is 23.0 Å². The largest absolute Gasteiger partial charge is 0.468 e. The molecule has 1 aromatic carbocycles. The first-order chi connectivity index (χ1) is 14.8. The zero-order valence-electron chi connectivity index (χ0n) is 17.4. The average molecular weight is 461 g/mol. The Kier molecular flexibility index (Phi) is 6.18. The topological polar surface area (TPSA) is 78.3 Å². The summed E-state index contributed by atoms with van der Waals surface area (Å²) >= 11 is 12.6. The van der Waals surface area contributed by atoms with Gasteiger partial charge >= 0.3 is 0 Å². The predicted molar refractivity (Wildman–Crippen MR) is 120 cm³/mol. The molecule has 3 aromatic rings. The summed E-state index contributed by atoms with van der Waals surface area (Å²) in [6, 6.07) is 8.67. The van der Waals surface area contributed by atoms with Gasteiger partial charge in [0.05, 0.1) is 18.2 Å². The van der Waals surface area contributed by atoms with Crippen molar-refractivity contribution in [2.45, 2.75) is 32.8 Å². The second kappa shape index (κ2) is 8.86. The number of nitrogens with one attached hydrogen (secondary N) is 1. The van der Waals surface area contributed by atoms with Gasteiger partial charge in [-0.3, -0.25) is 4.79 Å². The molecule has 1 saturated heterocycles. The number of hydrogen-bond acceptors (Lipinski definition) is 5. The normalized spacial score (nSPS) is 13.9. The maximum atomic E-state index is 13.4. The lowest BCUT2D eigenvalue weighted by molar-refractivity contribution is -0.0814. The predicted octanol–water partition coefficient (Wildman–Crippen LogP) is 5.04. The van der Waals surface area contributed by atoms with Gasteiger partial charge in [-0.2, -0.15) is 0 Å². The molecule has 0 saturated carbocycles. The molecule has 1 N–H and O–H groups in total. The van der Waals surface area contributed by atoms with Crippen molar-refractivity contribution in [3.8, 4) is 11.7 Å². The highest BCUT2D eigenvalue weighted by molar-refractivity contribution is 6.32. The summed E-state index contributed by atoms with van der Waals surface area (Å²) in [5.74, 6) is 0.449. The molecule has 0 spiro atoms. The van der Waals surface area contributed by atoms with Crippen LogP contribution in [0.3, 0.4) is 0 Å². The van der Waals surface area contributed by atoms with Crippen molar-refractivity contribution in [1.82, 2.24) is 14.8 Å². The molecule has 31 heavy (non-hydrogen) atoms. The minimum atomic E-state index is -0.360. The van der Waals surface area contributed by atoms with Crippen LogP contribution < -0.4 is 10.1 Å². The molecular weight excluding hydrogens is 439 g/mol. The molecule has 9 heteroatoms. The number of carbonyl (C=O) groups is 1. The molecule has 1 amide bonds. The van der Waals surface area contributed by atoms with E-state index in [4.69, 9.17) is 32.7 Å². The van der Waals surface area contributed by atoms with Crippen LogP contribution >= 0.6 is 23.2 Å². The smallest absolute Gasteiger partial charge is 0.274 e. The van der Waals surface area contributed by atoms with Crippen LogP contribution in [0.15, 0.2) is 36.5 Å². The molecule has 162 valence electrons. The van der Waals surface area contributed by atoms with E-state index in [9.17, 15) is 4.79 Å². The Hall–Kier alpha value is -2.61. The number of aryl methyl sites for hydroxylation is 1. The number of carbonyl (C=O) groups excluding carboxylic acids is 1. The zero-order chi connectivity index (χ0) is 22.1. The van der Waals surface area contributed by atoms with E-state index in [1.807, 2.05) is 32.9 Å². The van der Waals surface area contributed by atoms with Crippen LogP contribution in [0.25, 0.3) is 5.82 Å². The van der Waals surface area contributed by atoms with Gasteiger partial charge in [0.2, 0.25) is 5.88 Å². The molecule has 1 aliphatic heterocycles. The molecule has 0 aliphatic carbocycles. The van der Waals surface area contributed by atoms with E-state index in [0.29, 0.717) is 35.0 Å². The number of hydrogen-bond donors (Lipinski definition) is 1. The minimum Gasteiger partial charge on any atom is -0.468 e. The second-order valence-corrected chi connectivity index (χ2v) is 8.51. The first kappa shape index (κ1) is 21.6. The number of anilines is 1. The summed E-state index contributed by atoms with van der Waals surface area (Å²) in [5, 5.41) is 8.44. The molecule has 3 heterocycles. The fraction of sp³-hybridized carbons (Fsp3) is 0.318. The number of aromatic nitrogens is 3. The molecule has 0 atom stereocenters. The van der Waals surface area contributed by atoms with Crippen LogP contribution in [-0.4, -0.2) is 40.0 Å². The highest BCUT2D eigenvalue weighted by atomic mass is 35.5. The Morgan fingerprint density at radius 3 is 2.71 bits per heavy atom. The van der Waals surface area contributed by atoms with Gasteiger partial charge < -0.3 is 14.8 Å². The summed E-state index contributed by atoms with van der Waals surface area (Å²) in [7, 11) is 0. The van der Waals surface area contributed by atoms with Crippen molar-refractivity contribution in [3.63, 3.8) is 0 Å². The Morgan fingerprint density at radius 1 is 1.29 bits per heavy atom. The van der Waals surface area contributed by atoms with Crippen molar-refractivity contribution in [3.05, 3.63) is 63.4 Å². The Morgan fingerprint density at radius 2 is 2.06 bits per heavy atom. The van der Waals surface area contributed by atoms with Crippen LogP contribution in [-0.2, 0) is 4.74 Å². The molecule has 4 rings (SSSR count). The number of benzene rings is 1. The van der Waals surface area contributed by atoms with Crippen molar-refractivity contribution < 1.29 is 14.3 Å². The first-order valence-corrected chi connectivity index (χ1v) is 10.7. The number of rotatable bonds is 6. The van der Waals surface area contributed by atoms with Gasteiger partial charge in [0.25, 0.3) is 5.91 Å². The van der Waals surface area contributed by atoms with E-state index in [1.54, 1.807) is 24.4 Å². The number of halogens is 2. The minimum absolute atomic E-state index is 0.0930. The molecule has 0 bridgehead atoms. The maximum absolute atomic E-state index is 13.4. The SMILES string of the molecule is Cc1cc(Cl)cc(C(C)C)c1NC(=O)c1cc(OC2COC2)nn1-c1ncccc1Cl. The van der Waals surface area contributed by atoms with Crippen molar-refractivity contribution in [2.24, 2.45) is 0 Å². The summed E-state index contributed by atoms with van der Waals surface area (Å²) in [6.45, 7) is 6.98. The van der Waals surface area contributed by atoms with Crippen LogP contribution in [0.5, 0.6) is 5.88 Å². The summed E-state index contributed by atoms with van der Waals surface area (Å²) in [6.07, 6.45) is 1.50. The number of pyridine rings is 1. The van der Waals surface area contributed by atoms with Gasteiger partial charge in [0.1, 0.15) is 11.8 Å². The van der Waals surface area contributed by atoms with E-state index in [-0.39, 0.29) is 23.6 Å². The van der Waals surface area contributed by atoms with Gasteiger partial charge in [-0.05, 0) is 48.2 Å². The summed E-state index contributed by atoms with van der Waals surface area (Å²) in [5.41, 5.74) is 2.79. The van der Waals surface area contributed by atoms with Crippen LogP contribution in [0.1, 0.15) is 41.4 Å². The average Bonchev–Trinajstić information content (AvgIpc) is 3.10. The third-order valence-electron chi connectivity index (χ3n) is 4.95. The number of amides is 1. The van der Waals surface area contributed by atoms with E-state index in [0.717, 1.165) is 16.8 Å². The highest BCUT2D eigenvalue weighted by Gasteiger charge is 2.26.